The zero-order valence-electron chi connectivity index (χ0n) is 10.7. The highest BCUT2D eigenvalue weighted by Crippen LogP contribution is 2.33. The Morgan fingerprint density at radius 3 is 2.06 bits per heavy atom. The first-order chi connectivity index (χ1) is 8.30. The van der Waals surface area contributed by atoms with Gasteiger partial charge in [-0.05, 0) is 49.9 Å². The zero-order chi connectivity index (χ0) is 12.3. The van der Waals surface area contributed by atoms with Gasteiger partial charge in [0.15, 0.2) is 0 Å². The van der Waals surface area contributed by atoms with Crippen LogP contribution in [-0.2, 0) is 0 Å². The van der Waals surface area contributed by atoms with Gasteiger partial charge in [0.25, 0.3) is 0 Å². The van der Waals surface area contributed by atoms with Gasteiger partial charge in [0.2, 0.25) is 0 Å². The molecule has 1 heterocycles. The van der Waals surface area contributed by atoms with Crippen molar-refractivity contribution in [2.45, 2.75) is 51.6 Å². The van der Waals surface area contributed by atoms with Crippen molar-refractivity contribution >= 4 is 5.69 Å². The Bertz CT molecular complexity index is 390. The molecule has 90 valence electrons. The van der Waals surface area contributed by atoms with Crippen molar-refractivity contribution in [1.29, 1.82) is 5.26 Å². The maximum atomic E-state index is 8.83. The molecule has 2 unspecified atom stereocenters. The predicted molar refractivity (Wildman–Crippen MR) is 71.0 cm³/mol. The molecule has 2 heteroatoms. The summed E-state index contributed by atoms with van der Waals surface area (Å²) in [5.74, 6) is 0. The SMILES string of the molecule is CCC1CCC(CC)N1c1ccc(C#N)cc1. The van der Waals surface area contributed by atoms with Gasteiger partial charge in [-0.3, -0.25) is 0 Å². The molecule has 0 radical (unpaired) electrons. The molecule has 0 spiro atoms. The molecule has 1 aliphatic rings. The van der Waals surface area contributed by atoms with Crippen LogP contribution in [-0.4, -0.2) is 12.1 Å². The van der Waals surface area contributed by atoms with Gasteiger partial charge in [0.05, 0.1) is 11.6 Å². The number of anilines is 1. The summed E-state index contributed by atoms with van der Waals surface area (Å²) < 4.78 is 0. The molecule has 0 bridgehead atoms. The third-order valence-electron chi connectivity index (χ3n) is 3.86. The van der Waals surface area contributed by atoms with Gasteiger partial charge in [0, 0.05) is 17.8 Å². The Kier molecular flexibility index (Phi) is 3.68. The molecule has 2 atom stereocenters. The Balaban J connectivity index is 2.25. The summed E-state index contributed by atoms with van der Waals surface area (Å²) in [5.41, 5.74) is 2.02. The van der Waals surface area contributed by atoms with Crippen molar-refractivity contribution in [2.75, 3.05) is 4.90 Å². The second kappa shape index (κ2) is 5.23. The molecule has 1 aliphatic heterocycles. The van der Waals surface area contributed by atoms with Crippen LogP contribution >= 0.6 is 0 Å². The van der Waals surface area contributed by atoms with Gasteiger partial charge < -0.3 is 4.90 Å². The molecular formula is C15H20N2. The van der Waals surface area contributed by atoms with Crippen molar-refractivity contribution in [2.24, 2.45) is 0 Å². The van der Waals surface area contributed by atoms with Gasteiger partial charge in [-0.25, -0.2) is 0 Å². The zero-order valence-corrected chi connectivity index (χ0v) is 10.7. The Morgan fingerprint density at radius 1 is 1.12 bits per heavy atom. The van der Waals surface area contributed by atoms with Crippen molar-refractivity contribution in [3.05, 3.63) is 29.8 Å². The highest BCUT2D eigenvalue weighted by molar-refractivity contribution is 5.52. The lowest BCUT2D eigenvalue weighted by molar-refractivity contribution is 0.599. The first-order valence-corrected chi connectivity index (χ1v) is 6.58. The van der Waals surface area contributed by atoms with Crippen molar-refractivity contribution in [3.63, 3.8) is 0 Å². The second-order valence-electron chi connectivity index (χ2n) is 4.77. The third kappa shape index (κ3) is 2.29. The van der Waals surface area contributed by atoms with Crippen molar-refractivity contribution in [1.82, 2.24) is 0 Å². The molecule has 2 rings (SSSR count). The molecule has 0 aromatic heterocycles. The van der Waals surface area contributed by atoms with Crippen LogP contribution in [0.5, 0.6) is 0 Å². The first-order valence-electron chi connectivity index (χ1n) is 6.58. The van der Waals surface area contributed by atoms with Gasteiger partial charge in [-0.1, -0.05) is 13.8 Å². The Morgan fingerprint density at radius 2 is 1.65 bits per heavy atom. The fourth-order valence-electron chi connectivity index (χ4n) is 2.89. The van der Waals surface area contributed by atoms with E-state index in [4.69, 9.17) is 5.26 Å². The van der Waals surface area contributed by atoms with E-state index in [2.05, 4.69) is 36.9 Å². The summed E-state index contributed by atoms with van der Waals surface area (Å²) in [6.07, 6.45) is 5.01. The molecule has 0 N–H and O–H groups in total. The number of hydrogen-bond donors (Lipinski definition) is 0. The largest absolute Gasteiger partial charge is 0.366 e. The van der Waals surface area contributed by atoms with Crippen LogP contribution < -0.4 is 4.90 Å². The van der Waals surface area contributed by atoms with Crippen LogP contribution in [0.2, 0.25) is 0 Å². The average Bonchev–Trinajstić information content (AvgIpc) is 2.81. The van der Waals surface area contributed by atoms with E-state index < -0.39 is 0 Å². The molecular weight excluding hydrogens is 208 g/mol. The van der Waals surface area contributed by atoms with Gasteiger partial charge in [-0.15, -0.1) is 0 Å². The standard InChI is InChI=1S/C15H20N2/c1-3-13-9-10-14(4-2)17(13)15-7-5-12(11-16)6-8-15/h5-8,13-14H,3-4,9-10H2,1-2H3. The van der Waals surface area contributed by atoms with Gasteiger partial charge in [0.1, 0.15) is 0 Å². The van der Waals surface area contributed by atoms with E-state index in [1.54, 1.807) is 0 Å². The van der Waals surface area contributed by atoms with Crippen LogP contribution in [0.4, 0.5) is 5.69 Å². The topological polar surface area (TPSA) is 27.0 Å². The predicted octanol–water partition coefficient (Wildman–Crippen LogP) is 3.72. The van der Waals surface area contributed by atoms with E-state index in [9.17, 15) is 0 Å². The number of nitriles is 1. The molecule has 1 saturated heterocycles. The maximum absolute atomic E-state index is 8.83. The summed E-state index contributed by atoms with van der Waals surface area (Å²) >= 11 is 0. The second-order valence-corrected chi connectivity index (χ2v) is 4.77. The number of rotatable bonds is 3. The fourth-order valence-corrected chi connectivity index (χ4v) is 2.89. The van der Waals surface area contributed by atoms with E-state index in [1.165, 1.54) is 31.4 Å². The minimum atomic E-state index is 0.674. The highest BCUT2D eigenvalue weighted by Gasteiger charge is 2.30. The molecule has 1 aromatic carbocycles. The third-order valence-corrected chi connectivity index (χ3v) is 3.86. The molecule has 1 fully saturated rings. The van der Waals surface area contributed by atoms with Crippen LogP contribution in [0.1, 0.15) is 45.1 Å². The number of nitrogens with zero attached hydrogens (tertiary/aromatic N) is 2. The van der Waals surface area contributed by atoms with E-state index in [0.717, 1.165) is 5.56 Å². The van der Waals surface area contributed by atoms with E-state index in [0.29, 0.717) is 12.1 Å². The summed E-state index contributed by atoms with van der Waals surface area (Å²) in [6.45, 7) is 4.53. The van der Waals surface area contributed by atoms with Crippen LogP contribution in [0.15, 0.2) is 24.3 Å². The summed E-state index contributed by atoms with van der Waals surface area (Å²) in [6, 6.07) is 11.6. The smallest absolute Gasteiger partial charge is 0.0991 e. The lowest BCUT2D eigenvalue weighted by atomic mass is 10.1. The van der Waals surface area contributed by atoms with Crippen molar-refractivity contribution in [3.8, 4) is 6.07 Å². The quantitative estimate of drug-likeness (QED) is 0.788. The highest BCUT2D eigenvalue weighted by atomic mass is 15.2. The Hall–Kier alpha value is -1.49. The molecule has 2 nitrogen and oxygen atoms in total. The molecule has 0 aliphatic carbocycles. The summed E-state index contributed by atoms with van der Waals surface area (Å²) in [4.78, 5) is 2.56. The lowest BCUT2D eigenvalue weighted by Crippen LogP contribution is -2.35. The monoisotopic (exact) mass is 228 g/mol. The maximum Gasteiger partial charge on any atom is 0.0991 e. The number of benzene rings is 1. The van der Waals surface area contributed by atoms with Gasteiger partial charge in [-0.2, -0.15) is 5.26 Å². The molecule has 1 aromatic rings. The minimum absolute atomic E-state index is 0.674. The number of hydrogen-bond acceptors (Lipinski definition) is 2. The summed E-state index contributed by atoms with van der Waals surface area (Å²) in [5, 5.41) is 8.83. The van der Waals surface area contributed by atoms with E-state index in [1.807, 2.05) is 12.1 Å². The fraction of sp³-hybridized carbons (Fsp3) is 0.533. The van der Waals surface area contributed by atoms with E-state index >= 15 is 0 Å². The van der Waals surface area contributed by atoms with Crippen LogP contribution in [0.3, 0.4) is 0 Å². The first kappa shape index (κ1) is 12.0. The molecule has 0 amide bonds. The normalized spacial score (nSPS) is 23.7. The van der Waals surface area contributed by atoms with Crippen LogP contribution in [0.25, 0.3) is 0 Å². The summed E-state index contributed by atoms with van der Waals surface area (Å²) in [7, 11) is 0. The molecule has 0 saturated carbocycles. The van der Waals surface area contributed by atoms with Crippen LogP contribution in [0, 0.1) is 11.3 Å². The van der Waals surface area contributed by atoms with E-state index in [-0.39, 0.29) is 0 Å². The van der Waals surface area contributed by atoms with Gasteiger partial charge >= 0.3 is 0 Å². The molecule has 17 heavy (non-hydrogen) atoms. The lowest BCUT2D eigenvalue weighted by Gasteiger charge is -2.31. The Labute approximate surface area is 104 Å². The average molecular weight is 228 g/mol. The minimum Gasteiger partial charge on any atom is -0.366 e. The van der Waals surface area contributed by atoms with Crippen molar-refractivity contribution < 1.29 is 0 Å².